The van der Waals surface area contributed by atoms with Gasteiger partial charge in [0.05, 0.1) is 5.57 Å². The van der Waals surface area contributed by atoms with E-state index in [1.54, 1.807) is 18.2 Å². The molecule has 0 fully saturated rings. The van der Waals surface area contributed by atoms with E-state index in [1.807, 2.05) is 6.92 Å². The number of nitrogens with one attached hydrogen (secondary N) is 1. The van der Waals surface area contributed by atoms with Crippen molar-refractivity contribution in [1.29, 1.82) is 0 Å². The van der Waals surface area contributed by atoms with E-state index >= 15 is 0 Å². The van der Waals surface area contributed by atoms with Crippen molar-refractivity contribution in [3.8, 4) is 0 Å². The maximum absolute atomic E-state index is 14.2. The molecule has 3 nitrogen and oxygen atoms in total. The molecule has 2 rings (SSSR count). The van der Waals surface area contributed by atoms with Gasteiger partial charge in [0.2, 0.25) is 0 Å². The standard InChI is InChI=1S/C20H16ClF2NO2/c1-11(2)19(25)24-20(26)16(15-7-6-14(22)10-18(15)23)8-13-5-4-12(3)17(21)9-13/h4-10H,1H2,2-3H3,(H,24,25,26)/b16-8+. The zero-order chi connectivity index (χ0) is 19.4. The lowest BCUT2D eigenvalue weighted by Gasteiger charge is -2.10. The molecule has 2 aromatic rings. The second-order valence-electron chi connectivity index (χ2n) is 5.75. The third-order valence-corrected chi connectivity index (χ3v) is 3.99. The largest absolute Gasteiger partial charge is 0.288 e. The minimum absolute atomic E-state index is 0.121. The summed E-state index contributed by atoms with van der Waals surface area (Å²) in [6.07, 6.45) is 1.38. The number of imide groups is 1. The highest BCUT2D eigenvalue weighted by molar-refractivity contribution is 6.32. The molecule has 0 saturated carbocycles. The number of amides is 2. The number of halogens is 3. The van der Waals surface area contributed by atoms with Gasteiger partial charge in [-0.3, -0.25) is 14.9 Å². The summed E-state index contributed by atoms with van der Waals surface area (Å²) in [6.45, 7) is 6.70. The van der Waals surface area contributed by atoms with E-state index in [1.165, 1.54) is 13.0 Å². The Morgan fingerprint density at radius 1 is 1.12 bits per heavy atom. The molecule has 0 bridgehead atoms. The van der Waals surface area contributed by atoms with Gasteiger partial charge in [0.25, 0.3) is 11.8 Å². The second-order valence-corrected chi connectivity index (χ2v) is 6.16. The Morgan fingerprint density at radius 3 is 2.38 bits per heavy atom. The third-order valence-electron chi connectivity index (χ3n) is 3.59. The maximum atomic E-state index is 14.2. The van der Waals surface area contributed by atoms with E-state index < -0.39 is 23.4 Å². The van der Waals surface area contributed by atoms with Crippen LogP contribution in [0.1, 0.15) is 23.6 Å². The number of benzene rings is 2. The van der Waals surface area contributed by atoms with Crippen molar-refractivity contribution in [2.75, 3.05) is 0 Å². The molecule has 2 aromatic carbocycles. The van der Waals surface area contributed by atoms with Crippen LogP contribution >= 0.6 is 11.6 Å². The summed E-state index contributed by atoms with van der Waals surface area (Å²) in [4.78, 5) is 24.3. The molecule has 2 amide bonds. The fourth-order valence-electron chi connectivity index (χ4n) is 2.12. The summed E-state index contributed by atoms with van der Waals surface area (Å²) in [5, 5.41) is 2.60. The summed E-state index contributed by atoms with van der Waals surface area (Å²) < 4.78 is 27.4. The van der Waals surface area contributed by atoms with Crippen LogP contribution in [-0.4, -0.2) is 11.8 Å². The molecule has 134 valence electrons. The van der Waals surface area contributed by atoms with Gasteiger partial charge in [-0.05, 0) is 49.2 Å². The summed E-state index contributed by atoms with van der Waals surface area (Å²) in [6, 6.07) is 7.87. The highest BCUT2D eigenvalue weighted by Gasteiger charge is 2.19. The van der Waals surface area contributed by atoms with Crippen molar-refractivity contribution < 1.29 is 18.4 Å². The number of rotatable bonds is 4. The highest BCUT2D eigenvalue weighted by Crippen LogP contribution is 2.25. The van der Waals surface area contributed by atoms with E-state index in [4.69, 9.17) is 11.6 Å². The second kappa shape index (κ2) is 8.06. The van der Waals surface area contributed by atoms with Gasteiger partial charge in [0, 0.05) is 22.2 Å². The zero-order valence-corrected chi connectivity index (χ0v) is 15.0. The fraction of sp³-hybridized carbons (Fsp3) is 0.100. The van der Waals surface area contributed by atoms with Crippen molar-refractivity contribution in [2.24, 2.45) is 0 Å². The van der Waals surface area contributed by atoms with Gasteiger partial charge in [-0.25, -0.2) is 8.78 Å². The van der Waals surface area contributed by atoms with Crippen molar-refractivity contribution in [3.05, 3.63) is 81.9 Å². The van der Waals surface area contributed by atoms with E-state index in [0.29, 0.717) is 16.7 Å². The Kier molecular flexibility index (Phi) is 6.05. The number of aryl methyl sites for hydroxylation is 1. The predicted octanol–water partition coefficient (Wildman–Crippen LogP) is 4.69. The lowest BCUT2D eigenvalue weighted by atomic mass is 10.0. The first-order chi connectivity index (χ1) is 12.2. The van der Waals surface area contributed by atoms with Gasteiger partial charge in [-0.2, -0.15) is 0 Å². The number of hydrogen-bond acceptors (Lipinski definition) is 2. The smallest absolute Gasteiger partial charge is 0.258 e. The topological polar surface area (TPSA) is 46.2 Å². The van der Waals surface area contributed by atoms with Crippen molar-refractivity contribution in [2.45, 2.75) is 13.8 Å². The molecular formula is C20H16ClF2NO2. The summed E-state index contributed by atoms with van der Waals surface area (Å²) in [5.74, 6) is -3.22. The maximum Gasteiger partial charge on any atom is 0.258 e. The quantitative estimate of drug-likeness (QED) is 0.622. The minimum atomic E-state index is -0.924. The van der Waals surface area contributed by atoms with Crippen LogP contribution in [0.3, 0.4) is 0 Å². The van der Waals surface area contributed by atoms with E-state index in [-0.39, 0.29) is 16.7 Å². The molecule has 0 atom stereocenters. The molecule has 0 saturated heterocycles. The Morgan fingerprint density at radius 2 is 1.81 bits per heavy atom. The first-order valence-corrected chi connectivity index (χ1v) is 8.01. The lowest BCUT2D eigenvalue weighted by molar-refractivity contribution is -0.125. The summed E-state index contributed by atoms with van der Waals surface area (Å²) >= 11 is 6.08. The Labute approximate surface area is 155 Å². The molecule has 26 heavy (non-hydrogen) atoms. The SMILES string of the molecule is C=C(C)C(=O)NC(=O)/C(=C/c1ccc(C)c(Cl)c1)c1ccc(F)cc1F. The first kappa shape index (κ1) is 19.5. The summed E-state index contributed by atoms with van der Waals surface area (Å²) in [7, 11) is 0. The Balaban J connectivity index is 2.55. The fourth-order valence-corrected chi connectivity index (χ4v) is 2.31. The monoisotopic (exact) mass is 375 g/mol. The molecule has 0 aromatic heterocycles. The van der Waals surface area contributed by atoms with Crippen molar-refractivity contribution in [1.82, 2.24) is 5.32 Å². The van der Waals surface area contributed by atoms with Crippen molar-refractivity contribution >= 4 is 35.1 Å². The molecule has 0 aliphatic rings. The van der Waals surface area contributed by atoms with Crippen molar-refractivity contribution in [3.63, 3.8) is 0 Å². The average Bonchev–Trinajstić information content (AvgIpc) is 2.56. The van der Waals surface area contributed by atoms with Crippen LogP contribution in [0.2, 0.25) is 5.02 Å². The molecule has 6 heteroatoms. The highest BCUT2D eigenvalue weighted by atomic mass is 35.5. The average molecular weight is 376 g/mol. The van der Waals surface area contributed by atoms with Gasteiger partial charge in [-0.15, -0.1) is 0 Å². The molecule has 0 aliphatic carbocycles. The van der Waals surface area contributed by atoms with Gasteiger partial charge < -0.3 is 0 Å². The van der Waals surface area contributed by atoms with Crippen LogP contribution in [0.15, 0.2) is 48.6 Å². The lowest BCUT2D eigenvalue weighted by Crippen LogP contribution is -2.31. The molecular weight excluding hydrogens is 360 g/mol. The molecule has 0 unspecified atom stereocenters. The Bertz CT molecular complexity index is 935. The van der Waals surface area contributed by atoms with Gasteiger partial charge in [-0.1, -0.05) is 30.3 Å². The van der Waals surface area contributed by atoms with Crippen LogP contribution in [0.5, 0.6) is 0 Å². The number of hydrogen-bond donors (Lipinski definition) is 1. The molecule has 0 aliphatic heterocycles. The number of carbonyl (C=O) groups excluding carboxylic acids is 2. The molecule has 0 radical (unpaired) electrons. The third kappa shape index (κ3) is 4.64. The van der Waals surface area contributed by atoms with Gasteiger partial charge >= 0.3 is 0 Å². The van der Waals surface area contributed by atoms with Gasteiger partial charge in [0.15, 0.2) is 0 Å². The van der Waals surface area contributed by atoms with Crippen LogP contribution in [0.25, 0.3) is 11.6 Å². The summed E-state index contributed by atoms with van der Waals surface area (Å²) in [5.41, 5.74) is 1.19. The van der Waals surface area contributed by atoms with E-state index in [0.717, 1.165) is 17.7 Å². The minimum Gasteiger partial charge on any atom is -0.288 e. The van der Waals surface area contributed by atoms with Crippen LogP contribution in [0.4, 0.5) is 8.78 Å². The number of carbonyl (C=O) groups is 2. The van der Waals surface area contributed by atoms with Crippen LogP contribution < -0.4 is 5.32 Å². The van der Waals surface area contributed by atoms with Gasteiger partial charge in [0.1, 0.15) is 11.6 Å². The van der Waals surface area contributed by atoms with E-state index in [2.05, 4.69) is 11.9 Å². The zero-order valence-electron chi connectivity index (χ0n) is 14.2. The Hall–Kier alpha value is -2.79. The first-order valence-electron chi connectivity index (χ1n) is 7.63. The molecule has 1 N–H and O–H groups in total. The molecule has 0 spiro atoms. The predicted molar refractivity (Wildman–Crippen MR) is 98.4 cm³/mol. The normalized spacial score (nSPS) is 11.2. The molecule has 0 heterocycles. The van der Waals surface area contributed by atoms with Crippen LogP contribution in [-0.2, 0) is 9.59 Å². The van der Waals surface area contributed by atoms with Crippen LogP contribution in [0, 0.1) is 18.6 Å². The van der Waals surface area contributed by atoms with E-state index in [9.17, 15) is 18.4 Å².